The topological polar surface area (TPSA) is 117 Å². The SMILES string of the molecule is CC(C)Cc1ccc(C(=O)NC[C@H]2OC[C@H](Nc3cncc(C(F)(F)F)n3)[C@@H](O)[C@H]2O)cc1. The maximum absolute atomic E-state index is 12.8. The Bertz CT molecular complexity index is 940. The zero-order valence-corrected chi connectivity index (χ0v) is 18.2. The van der Waals surface area contributed by atoms with Crippen molar-refractivity contribution < 1.29 is 32.9 Å². The van der Waals surface area contributed by atoms with E-state index in [1.54, 1.807) is 12.1 Å². The van der Waals surface area contributed by atoms with Crippen molar-refractivity contribution in [1.29, 1.82) is 0 Å². The molecular formula is C22H27F3N4O4. The normalized spacial score (nSPS) is 23.4. The highest BCUT2D eigenvalue weighted by Crippen LogP contribution is 2.28. The molecule has 1 fully saturated rings. The fourth-order valence-electron chi connectivity index (χ4n) is 3.51. The number of carbonyl (C=O) groups excluding carboxylic acids is 1. The van der Waals surface area contributed by atoms with E-state index in [4.69, 9.17) is 4.74 Å². The minimum Gasteiger partial charge on any atom is -0.388 e. The Morgan fingerprint density at radius 1 is 1.18 bits per heavy atom. The average Bonchev–Trinajstić information content (AvgIpc) is 2.76. The highest BCUT2D eigenvalue weighted by Gasteiger charge is 2.39. The van der Waals surface area contributed by atoms with Gasteiger partial charge in [-0.05, 0) is 30.0 Å². The van der Waals surface area contributed by atoms with Crippen molar-refractivity contribution in [3.05, 3.63) is 53.5 Å². The molecule has 11 heteroatoms. The van der Waals surface area contributed by atoms with Crippen LogP contribution in [0.3, 0.4) is 0 Å². The van der Waals surface area contributed by atoms with E-state index in [0.717, 1.165) is 18.2 Å². The summed E-state index contributed by atoms with van der Waals surface area (Å²) in [4.78, 5) is 19.3. The predicted octanol–water partition coefficient (Wildman–Crippen LogP) is 2.02. The van der Waals surface area contributed by atoms with Gasteiger partial charge in [-0.15, -0.1) is 0 Å². The molecule has 2 heterocycles. The second-order valence-electron chi connectivity index (χ2n) is 8.40. The number of carbonyl (C=O) groups is 1. The van der Waals surface area contributed by atoms with Crippen molar-refractivity contribution in [3.63, 3.8) is 0 Å². The Morgan fingerprint density at radius 3 is 2.52 bits per heavy atom. The highest BCUT2D eigenvalue weighted by atomic mass is 19.4. The van der Waals surface area contributed by atoms with Crippen molar-refractivity contribution in [1.82, 2.24) is 15.3 Å². The van der Waals surface area contributed by atoms with Gasteiger partial charge in [0.25, 0.3) is 5.91 Å². The van der Waals surface area contributed by atoms with Gasteiger partial charge in [-0.1, -0.05) is 26.0 Å². The molecule has 2 aromatic rings. The number of aliphatic hydroxyl groups is 2. The quantitative estimate of drug-likeness (QED) is 0.491. The number of aromatic nitrogens is 2. The van der Waals surface area contributed by atoms with E-state index in [0.29, 0.717) is 17.7 Å². The van der Waals surface area contributed by atoms with Crippen LogP contribution < -0.4 is 10.6 Å². The molecule has 1 aromatic carbocycles. The molecule has 3 rings (SSSR count). The van der Waals surface area contributed by atoms with Crippen LogP contribution in [0.1, 0.15) is 35.5 Å². The average molecular weight is 468 g/mol. The van der Waals surface area contributed by atoms with Crippen molar-refractivity contribution in [3.8, 4) is 0 Å². The van der Waals surface area contributed by atoms with Crippen LogP contribution >= 0.6 is 0 Å². The van der Waals surface area contributed by atoms with Gasteiger partial charge in [-0.3, -0.25) is 9.78 Å². The number of nitrogens with zero attached hydrogens (tertiary/aromatic N) is 2. The standard InChI is InChI=1S/C22H27F3N4O4/c1-12(2)7-13-3-5-14(6-4-13)21(32)27-8-16-20(31)19(30)15(11-33-16)28-18-10-26-9-17(29-18)22(23,24)25/h3-6,9-10,12,15-16,19-20,30-31H,7-8,11H2,1-2H3,(H,27,32)(H,28,29)/t15-,16+,19+,20-/m0/s1. The lowest BCUT2D eigenvalue weighted by Crippen LogP contribution is -2.58. The number of hydrogen-bond donors (Lipinski definition) is 4. The molecule has 0 unspecified atom stereocenters. The zero-order valence-electron chi connectivity index (χ0n) is 18.2. The lowest BCUT2D eigenvalue weighted by Gasteiger charge is -2.38. The minimum atomic E-state index is -4.66. The van der Waals surface area contributed by atoms with E-state index >= 15 is 0 Å². The largest absolute Gasteiger partial charge is 0.434 e. The second kappa shape index (κ2) is 10.4. The maximum Gasteiger partial charge on any atom is 0.434 e. The van der Waals surface area contributed by atoms with E-state index in [-0.39, 0.29) is 24.9 Å². The summed E-state index contributed by atoms with van der Waals surface area (Å²) in [6.45, 7) is 4.04. The summed E-state index contributed by atoms with van der Waals surface area (Å²) in [6, 6.07) is 6.29. The fourth-order valence-corrected chi connectivity index (χ4v) is 3.51. The minimum absolute atomic E-state index is 0.0547. The number of benzene rings is 1. The van der Waals surface area contributed by atoms with E-state index in [2.05, 4.69) is 34.4 Å². The number of ether oxygens (including phenoxy) is 1. The first-order valence-corrected chi connectivity index (χ1v) is 10.5. The van der Waals surface area contributed by atoms with E-state index < -0.39 is 36.2 Å². The number of rotatable bonds is 7. The molecule has 0 aliphatic carbocycles. The molecule has 4 N–H and O–H groups in total. The summed E-state index contributed by atoms with van der Waals surface area (Å²) < 4.78 is 43.9. The summed E-state index contributed by atoms with van der Waals surface area (Å²) in [5.74, 6) is -0.0619. The number of alkyl halides is 3. The number of aliphatic hydroxyl groups excluding tert-OH is 2. The molecule has 0 radical (unpaired) electrons. The molecule has 180 valence electrons. The Balaban J connectivity index is 1.53. The molecule has 0 spiro atoms. The second-order valence-corrected chi connectivity index (χ2v) is 8.40. The summed E-state index contributed by atoms with van der Waals surface area (Å²) in [5.41, 5.74) is 0.396. The molecule has 1 aromatic heterocycles. The molecule has 0 saturated carbocycles. The molecule has 1 aliphatic rings. The van der Waals surface area contributed by atoms with E-state index in [1.807, 2.05) is 12.1 Å². The van der Waals surface area contributed by atoms with Crippen LogP contribution in [-0.4, -0.2) is 63.6 Å². The monoisotopic (exact) mass is 468 g/mol. The van der Waals surface area contributed by atoms with Gasteiger partial charge in [0.1, 0.15) is 24.1 Å². The van der Waals surface area contributed by atoms with Gasteiger partial charge in [0.2, 0.25) is 0 Å². The smallest absolute Gasteiger partial charge is 0.388 e. The van der Waals surface area contributed by atoms with Gasteiger partial charge in [-0.2, -0.15) is 13.2 Å². The lowest BCUT2D eigenvalue weighted by atomic mass is 9.97. The first-order chi connectivity index (χ1) is 15.5. The fraction of sp³-hybridized carbons (Fsp3) is 0.500. The first-order valence-electron chi connectivity index (χ1n) is 10.5. The molecule has 1 amide bonds. The van der Waals surface area contributed by atoms with Gasteiger partial charge in [0.05, 0.1) is 25.0 Å². The molecule has 0 bridgehead atoms. The van der Waals surface area contributed by atoms with Crippen molar-refractivity contribution in [2.75, 3.05) is 18.5 Å². The van der Waals surface area contributed by atoms with Gasteiger partial charge >= 0.3 is 6.18 Å². The lowest BCUT2D eigenvalue weighted by molar-refractivity contribution is -0.141. The van der Waals surface area contributed by atoms with Crippen LogP contribution in [0.5, 0.6) is 0 Å². The van der Waals surface area contributed by atoms with Gasteiger partial charge in [0, 0.05) is 12.1 Å². The van der Waals surface area contributed by atoms with Crippen LogP contribution in [0.15, 0.2) is 36.7 Å². The third kappa shape index (κ3) is 6.62. The third-order valence-electron chi connectivity index (χ3n) is 5.22. The molecule has 8 nitrogen and oxygen atoms in total. The number of hydrogen-bond acceptors (Lipinski definition) is 7. The van der Waals surface area contributed by atoms with Crippen molar-refractivity contribution >= 4 is 11.7 Å². The van der Waals surface area contributed by atoms with Crippen molar-refractivity contribution in [2.45, 2.75) is 50.8 Å². The van der Waals surface area contributed by atoms with E-state index in [1.165, 1.54) is 0 Å². The van der Waals surface area contributed by atoms with Gasteiger partial charge in [-0.25, -0.2) is 4.98 Å². The molecule has 1 aliphatic heterocycles. The number of anilines is 1. The molecule has 1 saturated heterocycles. The van der Waals surface area contributed by atoms with Crippen LogP contribution in [-0.2, 0) is 17.3 Å². The molecule has 33 heavy (non-hydrogen) atoms. The van der Waals surface area contributed by atoms with Crippen molar-refractivity contribution in [2.24, 2.45) is 5.92 Å². The van der Waals surface area contributed by atoms with Crippen LogP contribution in [0, 0.1) is 5.92 Å². The third-order valence-corrected chi connectivity index (χ3v) is 5.22. The molecule has 4 atom stereocenters. The van der Waals surface area contributed by atoms with Gasteiger partial charge < -0.3 is 25.6 Å². The number of halogens is 3. The first kappa shape index (κ1) is 24.9. The number of amides is 1. The van der Waals surface area contributed by atoms with Crippen LogP contribution in [0.25, 0.3) is 0 Å². The Kier molecular flexibility index (Phi) is 7.88. The van der Waals surface area contributed by atoms with Crippen LogP contribution in [0.4, 0.5) is 19.0 Å². The Hall–Kier alpha value is -2.76. The summed E-state index contributed by atoms with van der Waals surface area (Å²) in [7, 11) is 0. The maximum atomic E-state index is 12.8. The highest BCUT2D eigenvalue weighted by molar-refractivity contribution is 5.94. The van der Waals surface area contributed by atoms with Gasteiger partial charge in [0.15, 0.2) is 5.69 Å². The van der Waals surface area contributed by atoms with Crippen LogP contribution in [0.2, 0.25) is 0 Å². The summed E-state index contributed by atoms with van der Waals surface area (Å²) >= 11 is 0. The van der Waals surface area contributed by atoms with E-state index in [9.17, 15) is 28.2 Å². The predicted molar refractivity (Wildman–Crippen MR) is 114 cm³/mol. The summed E-state index contributed by atoms with van der Waals surface area (Å²) in [5, 5.41) is 26.1. The summed E-state index contributed by atoms with van der Waals surface area (Å²) in [6.07, 6.45) is -5.74. The zero-order chi connectivity index (χ0) is 24.2. The molecular weight excluding hydrogens is 441 g/mol. The Labute approximate surface area is 189 Å². The number of nitrogens with one attached hydrogen (secondary N) is 2. The Morgan fingerprint density at radius 2 is 1.88 bits per heavy atom.